The van der Waals surface area contributed by atoms with Crippen LogP contribution in [0, 0.1) is 34.2 Å². The molecule has 0 spiro atoms. The zero-order chi connectivity index (χ0) is 71.5. The van der Waals surface area contributed by atoms with Crippen LogP contribution in [0.25, 0.3) is 0 Å². The van der Waals surface area contributed by atoms with Gasteiger partial charge in [0.1, 0.15) is 36.6 Å². The number of alkyl carbamates (subject to hydrolysis) is 1. The van der Waals surface area contributed by atoms with Gasteiger partial charge in [0.15, 0.2) is 41.8 Å². The Hall–Kier alpha value is -3.94. The van der Waals surface area contributed by atoms with Crippen molar-refractivity contribution in [2.45, 2.75) is 188 Å². The van der Waals surface area contributed by atoms with Crippen LogP contribution >= 0.6 is 55.9 Å². The number of halogens is 1. The van der Waals surface area contributed by atoms with E-state index < -0.39 is 139 Å². The molecule has 98 heavy (non-hydrogen) atoms. The lowest BCUT2D eigenvalue weighted by atomic mass is 9.75. The number of aliphatic hydroxyl groups excluding tert-OH is 4. The third-order valence-corrected chi connectivity index (χ3v) is 22.3. The molecule has 2 amide bonds. The van der Waals surface area contributed by atoms with Gasteiger partial charge in [-0.15, -0.1) is 0 Å². The minimum Gasteiger partial charge on any atom is -0.492 e. The van der Waals surface area contributed by atoms with E-state index in [1.165, 1.54) is 51.4 Å². The van der Waals surface area contributed by atoms with Gasteiger partial charge in [-0.05, 0) is 74.5 Å². The highest BCUT2D eigenvalue weighted by atomic mass is 127. The van der Waals surface area contributed by atoms with E-state index in [2.05, 4.69) is 39.8 Å². The fourth-order valence-electron chi connectivity index (χ4n) is 11.8. The normalized spacial score (nSPS) is 32.5. The van der Waals surface area contributed by atoms with Crippen molar-refractivity contribution >= 4 is 78.8 Å². The Morgan fingerprint density at radius 1 is 0.867 bits per heavy atom. The highest BCUT2D eigenvalue weighted by molar-refractivity contribution is 14.1. The summed E-state index contributed by atoms with van der Waals surface area (Å²) in [4.78, 5) is 63.3. The maximum absolute atomic E-state index is 14.6. The monoisotopic (exact) mass is 1550 g/mol. The average Bonchev–Trinajstić information content (AvgIpc) is 0.760. The lowest BCUT2D eigenvalue weighted by molar-refractivity contribution is -0.337. The Morgan fingerprint density at radius 3 is 2.24 bits per heavy atom. The highest BCUT2D eigenvalue weighted by Gasteiger charge is 2.52. The van der Waals surface area contributed by atoms with Crippen LogP contribution in [-0.2, 0) is 66.5 Å². The van der Waals surface area contributed by atoms with Crippen molar-refractivity contribution in [3.63, 3.8) is 0 Å². The summed E-state index contributed by atoms with van der Waals surface area (Å²) in [6, 6.07) is -1.61. The lowest BCUT2D eigenvalue weighted by Gasteiger charge is -2.47. The molecule has 4 fully saturated rings. The number of ether oxygens (including phenoxy) is 14. The van der Waals surface area contributed by atoms with Crippen molar-refractivity contribution < 1.29 is 116 Å². The molecule has 0 aromatic heterocycles. The third-order valence-electron chi connectivity index (χ3n) is 16.8. The zero-order valence-electron chi connectivity index (χ0n) is 57.0. The van der Waals surface area contributed by atoms with Crippen LogP contribution in [0.2, 0.25) is 0 Å². The van der Waals surface area contributed by atoms with E-state index in [1.54, 1.807) is 44.6 Å². The first kappa shape index (κ1) is 81.4. The quantitative estimate of drug-likeness (QED) is 0.0164. The number of carbonyl (C=O) groups excluding carboxylic acids is 4. The molecule has 0 saturated carbocycles. The van der Waals surface area contributed by atoms with E-state index in [1.807, 2.05) is 48.3 Å². The number of nitrogens with zero attached hydrogens (tertiary/aromatic N) is 1. The molecular weight excluding hydrogens is 1460 g/mol. The Bertz CT molecular complexity index is 3080. The van der Waals surface area contributed by atoms with Gasteiger partial charge in [-0.2, -0.15) is 5.48 Å². The van der Waals surface area contributed by atoms with Crippen molar-refractivity contribution in [3.05, 3.63) is 49.8 Å². The summed E-state index contributed by atoms with van der Waals surface area (Å²) >= 11 is 2.80. The van der Waals surface area contributed by atoms with Gasteiger partial charge in [-0.25, -0.2) is 4.79 Å². The summed E-state index contributed by atoms with van der Waals surface area (Å²) < 4.78 is 84.4. The van der Waals surface area contributed by atoms with Crippen LogP contribution in [0.4, 0.5) is 4.79 Å². The number of nitrogens with one attached hydrogen (secondary N) is 3. The third kappa shape index (κ3) is 20.7. The van der Waals surface area contributed by atoms with Crippen molar-refractivity contribution in [1.82, 2.24) is 21.0 Å². The molecule has 0 radical (unpaired) electrons. The number of allylic oxidation sites excluding steroid dienone is 3. The molecule has 1 aromatic carbocycles. The molecule has 4 aliphatic heterocycles. The van der Waals surface area contributed by atoms with Crippen LogP contribution in [0.1, 0.15) is 76.7 Å². The Labute approximate surface area is 597 Å². The van der Waals surface area contributed by atoms with Gasteiger partial charge >= 0.3 is 6.09 Å². The molecule has 10 N–H and O–H groups in total. The van der Waals surface area contributed by atoms with Crippen molar-refractivity contribution in [2.75, 3.05) is 101 Å². The number of hydroxylamine groups is 1. The largest absolute Gasteiger partial charge is 0.492 e. The predicted octanol–water partition coefficient (Wildman–Crippen LogP) is 2.15. The number of Topliss-reactive ketones (excluding diaryl/α,β-unsaturated/α-hetero) is 1. The summed E-state index contributed by atoms with van der Waals surface area (Å²) in [7, 11) is 9.78. The highest BCUT2D eigenvalue weighted by Crippen LogP contribution is 2.49. The van der Waals surface area contributed by atoms with Crippen molar-refractivity contribution in [3.8, 4) is 40.9 Å². The van der Waals surface area contributed by atoms with Gasteiger partial charge in [0.2, 0.25) is 23.1 Å². The average molecular weight is 1550 g/mol. The standard InChI is InChI=1S/C65H94IN5O24S3/c1-13-71(31-44(74)68-22-24-87-26-25-86-23-21-67)39-32-88-45(29-43(39)81-8)93-58-53(76)50(35(5)90-63(58)92-42-18-16-14-15-17-20-65(80)30-41(73)51(69-64(79)85-12)48(42)38(65)19-27-96-98-33(2)3)70-95-46-28-40(72)60(37(7)89-46)97-61(78)47-34(4)49(66)56(59(84-11)55(47)82-9)94-62-54(77)57(83-10)52(75)36(6)91-62/h14-15,19,33,35-37,39-40,42-43,45-46,50,52-54,57-58,60,62-63,70,72,75-77,80H,13,21-32,67H2,1-12H3,(H,68,74)(H,69,79)/b15-14-,38-19+/t35-,36+,37-,39+,40+,42+,43+,45+,46+,50-,52+,53+,54-,57-,58-,60-,62+,63+,65+/m1/s1. The maximum atomic E-state index is 14.6. The number of carbonyl (C=O) groups is 4. The van der Waals surface area contributed by atoms with Gasteiger partial charge in [0.25, 0.3) is 0 Å². The molecule has 33 heteroatoms. The maximum Gasteiger partial charge on any atom is 0.411 e. The van der Waals surface area contributed by atoms with E-state index in [0.29, 0.717) is 47.8 Å². The molecule has 548 valence electrons. The number of methoxy groups -OCH3 is 5. The molecule has 7 rings (SSSR count). The van der Waals surface area contributed by atoms with Crippen LogP contribution in [0.15, 0.2) is 35.1 Å². The molecular formula is C65H94IN5O24S3. The molecule has 2 aliphatic carbocycles. The summed E-state index contributed by atoms with van der Waals surface area (Å²) in [6.07, 6.45) is -15.0. The number of aliphatic hydroxyl groups is 5. The first-order valence-electron chi connectivity index (χ1n) is 32.2. The first-order chi connectivity index (χ1) is 46.9. The molecule has 2 bridgehead atoms. The first-order valence-corrected chi connectivity index (χ1v) is 36.5. The number of hydrogen-bond donors (Lipinski definition) is 9. The fourth-order valence-corrected chi connectivity index (χ4v) is 15.5. The Kier molecular flexibility index (Phi) is 32.4. The molecule has 4 saturated heterocycles. The summed E-state index contributed by atoms with van der Waals surface area (Å²) in [5, 5.41) is 63.1. The van der Waals surface area contributed by atoms with Crippen LogP contribution in [0.3, 0.4) is 0 Å². The van der Waals surface area contributed by atoms with E-state index in [-0.39, 0.29) is 90.0 Å². The van der Waals surface area contributed by atoms with Crippen LogP contribution in [0.5, 0.6) is 17.2 Å². The van der Waals surface area contributed by atoms with E-state index >= 15 is 0 Å². The second-order valence-corrected chi connectivity index (χ2v) is 29.0. The van der Waals surface area contributed by atoms with Gasteiger partial charge < -0.3 is 103 Å². The van der Waals surface area contributed by atoms with E-state index in [4.69, 9.17) is 76.9 Å². The van der Waals surface area contributed by atoms with E-state index in [0.717, 1.165) is 18.9 Å². The molecule has 19 atom stereocenters. The molecule has 0 unspecified atom stereocenters. The number of likely N-dealkylation sites (N-methyl/N-ethyl adjacent to an activating group) is 1. The number of rotatable bonds is 32. The molecule has 29 nitrogen and oxygen atoms in total. The topological polar surface area (TPSA) is 373 Å². The minimum atomic E-state index is -2.10. The van der Waals surface area contributed by atoms with Gasteiger partial charge in [0, 0.05) is 62.3 Å². The molecule has 1 aromatic rings. The summed E-state index contributed by atoms with van der Waals surface area (Å²) in [5.41, 5.74) is 6.60. The minimum absolute atomic E-state index is 0.00222. The number of thioether (sulfide) groups is 1. The number of ketones is 1. The smallest absolute Gasteiger partial charge is 0.411 e. The van der Waals surface area contributed by atoms with Gasteiger partial charge in [-0.3, -0.25) is 29.4 Å². The zero-order valence-corrected chi connectivity index (χ0v) is 61.6. The van der Waals surface area contributed by atoms with Crippen molar-refractivity contribution in [1.29, 1.82) is 0 Å². The van der Waals surface area contributed by atoms with Crippen molar-refractivity contribution in [2.24, 2.45) is 5.73 Å². The molecule has 6 aliphatic rings. The molecule has 4 heterocycles. The number of amides is 2. The number of hydrogen-bond acceptors (Lipinski definition) is 30. The summed E-state index contributed by atoms with van der Waals surface area (Å²) in [6.45, 7) is 15.1. The lowest BCUT2D eigenvalue weighted by Crippen LogP contribution is -2.65. The number of nitrogens with two attached hydrogens (primary N) is 1. The Morgan fingerprint density at radius 2 is 1.58 bits per heavy atom. The van der Waals surface area contributed by atoms with Crippen LogP contribution < -0.4 is 36.1 Å². The Balaban J connectivity index is 1.13. The van der Waals surface area contributed by atoms with E-state index in [9.17, 15) is 44.7 Å². The number of benzene rings is 1. The second kappa shape index (κ2) is 39.1. The fraction of sp³-hybridized carbons (Fsp3) is 0.692. The SMILES string of the molecule is CCN(CC(=O)NCCOCCOCCN)[C@H]1CO[C@@H](O[C@H]2[C@H](O[C@H]3C#C/C=C\C#C[C@]4(O)CC(=O)C(NC(=O)OC)=C3/C4=C\CSSC(C)C)O[C@H](C)[C@@H](NO[C@H]3C[C@H](O)[C@H](SC(=O)c4c(C)c(I)c(O[C@@H]5O[C@@H](C)[C@H](O)[C@@H](OC)[C@H]5O)c(OC)c4OC)[C@@H](C)O3)[C@@H]2O)C[C@@H]1OC. The number of fused-ring (bicyclic) bond motifs is 2. The van der Waals surface area contributed by atoms with Gasteiger partial charge in [-0.1, -0.05) is 83.9 Å². The summed E-state index contributed by atoms with van der Waals surface area (Å²) in [5.74, 6) is 11.0. The van der Waals surface area contributed by atoms with Crippen LogP contribution in [-0.4, -0.2) is 274 Å². The predicted molar refractivity (Wildman–Crippen MR) is 369 cm³/mol. The second-order valence-electron chi connectivity index (χ2n) is 23.8. The van der Waals surface area contributed by atoms with Gasteiger partial charge in [0.05, 0.1) is 130 Å².